The smallest absolute Gasteiger partial charge is 0.227 e. The Morgan fingerprint density at radius 3 is 2.44 bits per heavy atom. The van der Waals surface area contributed by atoms with Crippen LogP contribution in [-0.4, -0.2) is 42.9 Å². The molecule has 4 rings (SSSR count). The number of aliphatic imine (C=N–C) groups is 1. The van der Waals surface area contributed by atoms with Gasteiger partial charge in [-0.1, -0.05) is 48.9 Å². The molecule has 2 aromatic rings. The van der Waals surface area contributed by atoms with Crippen molar-refractivity contribution in [3.63, 3.8) is 0 Å². The number of rotatable bonds is 7. The third-order valence-electron chi connectivity index (χ3n) is 6.53. The molecule has 0 atom stereocenters. The number of nitrogens with zero attached hydrogens (tertiary/aromatic N) is 2. The molecule has 6 nitrogen and oxygen atoms in total. The number of benzene rings is 2. The van der Waals surface area contributed by atoms with Gasteiger partial charge in [0.25, 0.3) is 0 Å². The van der Waals surface area contributed by atoms with Crippen molar-refractivity contribution < 1.29 is 4.79 Å². The quantitative estimate of drug-likeness (QED) is 0.459. The summed E-state index contributed by atoms with van der Waals surface area (Å²) >= 11 is 0. The normalized spacial score (nSPS) is 18.1. The minimum Gasteiger partial charge on any atom is -0.354 e. The summed E-state index contributed by atoms with van der Waals surface area (Å²) in [7, 11) is 1.81. The van der Waals surface area contributed by atoms with Crippen molar-refractivity contribution in [1.82, 2.24) is 15.5 Å². The fourth-order valence-corrected chi connectivity index (χ4v) is 4.32. The SMILES string of the molecule is CN=C(NCc1cccc(NC(=O)C2CCC2)c1)NC1CCN(Cc2ccccc2)CC1. The van der Waals surface area contributed by atoms with Crippen molar-refractivity contribution in [3.05, 3.63) is 65.7 Å². The molecule has 6 heteroatoms. The van der Waals surface area contributed by atoms with Gasteiger partial charge in [0.2, 0.25) is 5.91 Å². The van der Waals surface area contributed by atoms with Gasteiger partial charge in [0.15, 0.2) is 5.96 Å². The number of piperidine rings is 1. The van der Waals surface area contributed by atoms with E-state index in [1.54, 1.807) is 0 Å². The highest BCUT2D eigenvalue weighted by molar-refractivity contribution is 5.93. The Kier molecular flexibility index (Phi) is 7.77. The Hall–Kier alpha value is -2.86. The average Bonchev–Trinajstić information content (AvgIpc) is 2.77. The first-order valence-corrected chi connectivity index (χ1v) is 11.8. The molecule has 0 spiro atoms. The van der Waals surface area contributed by atoms with Crippen LogP contribution in [0.5, 0.6) is 0 Å². The van der Waals surface area contributed by atoms with Gasteiger partial charge in [-0.15, -0.1) is 0 Å². The molecule has 1 aliphatic heterocycles. The summed E-state index contributed by atoms with van der Waals surface area (Å²) in [5, 5.41) is 10.1. The zero-order valence-electron chi connectivity index (χ0n) is 19.0. The van der Waals surface area contributed by atoms with Crippen molar-refractivity contribution >= 4 is 17.6 Å². The minimum absolute atomic E-state index is 0.150. The summed E-state index contributed by atoms with van der Waals surface area (Å²) in [6, 6.07) is 19.2. The third kappa shape index (κ3) is 6.33. The largest absolute Gasteiger partial charge is 0.354 e. The van der Waals surface area contributed by atoms with Crippen molar-refractivity contribution in [3.8, 4) is 0 Å². The molecule has 1 heterocycles. The Labute approximate surface area is 191 Å². The molecule has 3 N–H and O–H groups in total. The van der Waals surface area contributed by atoms with E-state index in [2.05, 4.69) is 62.2 Å². The molecule has 1 saturated carbocycles. The monoisotopic (exact) mass is 433 g/mol. The topological polar surface area (TPSA) is 68.8 Å². The van der Waals surface area contributed by atoms with Crippen LogP contribution in [-0.2, 0) is 17.9 Å². The lowest BCUT2D eigenvalue weighted by atomic mass is 9.85. The number of carbonyl (C=O) groups excluding carboxylic acids is 1. The van der Waals surface area contributed by atoms with E-state index in [1.807, 2.05) is 25.2 Å². The van der Waals surface area contributed by atoms with Crippen molar-refractivity contribution in [1.29, 1.82) is 0 Å². The standard InChI is InChI=1S/C26H35N5O/c1-27-26(30-23-13-15-31(16-14-23)19-20-7-3-2-4-8-20)28-18-21-9-5-12-24(17-21)29-25(32)22-10-6-11-22/h2-5,7-9,12,17,22-23H,6,10-11,13-16,18-19H2,1H3,(H,29,32)(H2,27,28,30). The lowest BCUT2D eigenvalue weighted by Crippen LogP contribution is -2.48. The molecule has 1 amide bonds. The third-order valence-corrected chi connectivity index (χ3v) is 6.53. The number of nitrogens with one attached hydrogen (secondary N) is 3. The van der Waals surface area contributed by atoms with E-state index in [0.29, 0.717) is 12.6 Å². The van der Waals surface area contributed by atoms with Crippen LogP contribution in [0.2, 0.25) is 0 Å². The second-order valence-corrected chi connectivity index (χ2v) is 8.92. The molecule has 32 heavy (non-hydrogen) atoms. The first-order valence-electron chi connectivity index (χ1n) is 11.8. The van der Waals surface area contributed by atoms with Crippen LogP contribution in [0.25, 0.3) is 0 Å². The van der Waals surface area contributed by atoms with Gasteiger partial charge in [-0.3, -0.25) is 14.7 Å². The molecule has 1 saturated heterocycles. The van der Waals surface area contributed by atoms with Crippen LogP contribution >= 0.6 is 0 Å². The molecule has 170 valence electrons. The minimum atomic E-state index is 0.150. The van der Waals surface area contributed by atoms with Crippen LogP contribution in [0.4, 0.5) is 5.69 Å². The number of guanidine groups is 1. The summed E-state index contributed by atoms with van der Waals surface area (Å²) in [5.41, 5.74) is 3.37. The van der Waals surface area contributed by atoms with E-state index >= 15 is 0 Å². The van der Waals surface area contributed by atoms with Gasteiger partial charge in [0.05, 0.1) is 0 Å². The van der Waals surface area contributed by atoms with Crippen LogP contribution in [0.3, 0.4) is 0 Å². The van der Waals surface area contributed by atoms with Crippen LogP contribution in [0, 0.1) is 5.92 Å². The Morgan fingerprint density at radius 2 is 1.75 bits per heavy atom. The van der Waals surface area contributed by atoms with Gasteiger partial charge in [-0.25, -0.2) is 0 Å². The summed E-state index contributed by atoms with van der Waals surface area (Å²) in [4.78, 5) is 19.1. The van der Waals surface area contributed by atoms with E-state index in [9.17, 15) is 4.79 Å². The molecule has 0 aromatic heterocycles. The zero-order valence-corrected chi connectivity index (χ0v) is 19.0. The number of likely N-dealkylation sites (tertiary alicyclic amines) is 1. The number of hydrogen-bond donors (Lipinski definition) is 3. The maximum Gasteiger partial charge on any atom is 0.227 e. The molecule has 2 fully saturated rings. The molecule has 2 aliphatic rings. The van der Waals surface area contributed by atoms with Crippen LogP contribution in [0.15, 0.2) is 59.6 Å². The van der Waals surface area contributed by atoms with Crippen molar-refractivity contribution in [2.24, 2.45) is 10.9 Å². The second-order valence-electron chi connectivity index (χ2n) is 8.92. The predicted molar refractivity (Wildman–Crippen MR) is 130 cm³/mol. The average molecular weight is 434 g/mol. The maximum absolute atomic E-state index is 12.2. The van der Waals surface area contributed by atoms with Crippen molar-refractivity contribution in [2.75, 3.05) is 25.5 Å². The number of amides is 1. The molecule has 1 aliphatic carbocycles. The number of anilines is 1. The van der Waals surface area contributed by atoms with Gasteiger partial charge in [0, 0.05) is 50.9 Å². The fraction of sp³-hybridized carbons (Fsp3) is 0.462. The molecule has 2 aromatic carbocycles. The molecule has 0 radical (unpaired) electrons. The van der Waals surface area contributed by atoms with Crippen LogP contribution in [0.1, 0.15) is 43.2 Å². The van der Waals surface area contributed by atoms with Gasteiger partial charge in [-0.05, 0) is 48.9 Å². The zero-order chi connectivity index (χ0) is 22.2. The van der Waals surface area contributed by atoms with Gasteiger partial charge < -0.3 is 16.0 Å². The summed E-state index contributed by atoms with van der Waals surface area (Å²) in [5.74, 6) is 1.17. The van der Waals surface area contributed by atoms with Crippen LogP contribution < -0.4 is 16.0 Å². The lowest BCUT2D eigenvalue weighted by Gasteiger charge is -2.33. The summed E-state index contributed by atoms with van der Waals surface area (Å²) in [6.45, 7) is 3.87. The van der Waals surface area contributed by atoms with E-state index in [-0.39, 0.29) is 11.8 Å². The first kappa shape index (κ1) is 22.3. The van der Waals surface area contributed by atoms with E-state index in [1.165, 1.54) is 12.0 Å². The summed E-state index contributed by atoms with van der Waals surface area (Å²) < 4.78 is 0. The highest BCUT2D eigenvalue weighted by atomic mass is 16.1. The van der Waals surface area contributed by atoms with E-state index in [0.717, 1.165) is 62.5 Å². The molecule has 0 bridgehead atoms. The Balaban J connectivity index is 1.21. The van der Waals surface area contributed by atoms with Gasteiger partial charge in [-0.2, -0.15) is 0 Å². The maximum atomic E-state index is 12.2. The first-order chi connectivity index (χ1) is 15.7. The molecular formula is C26H35N5O. The summed E-state index contributed by atoms with van der Waals surface area (Å²) in [6.07, 6.45) is 5.41. The number of carbonyl (C=O) groups is 1. The molecular weight excluding hydrogens is 398 g/mol. The predicted octanol–water partition coefficient (Wildman–Crippen LogP) is 3.75. The van der Waals surface area contributed by atoms with Crippen molar-refractivity contribution in [2.45, 2.75) is 51.2 Å². The second kappa shape index (κ2) is 11.1. The van der Waals surface area contributed by atoms with E-state index in [4.69, 9.17) is 0 Å². The molecule has 0 unspecified atom stereocenters. The van der Waals surface area contributed by atoms with E-state index < -0.39 is 0 Å². The van der Waals surface area contributed by atoms with Gasteiger partial charge in [0.1, 0.15) is 0 Å². The highest BCUT2D eigenvalue weighted by Crippen LogP contribution is 2.27. The Morgan fingerprint density at radius 1 is 1.00 bits per heavy atom. The van der Waals surface area contributed by atoms with Gasteiger partial charge >= 0.3 is 0 Å². The number of hydrogen-bond acceptors (Lipinski definition) is 3. The highest BCUT2D eigenvalue weighted by Gasteiger charge is 2.25. The Bertz CT molecular complexity index is 901. The fourth-order valence-electron chi connectivity index (χ4n) is 4.32. The lowest BCUT2D eigenvalue weighted by molar-refractivity contribution is -0.122.